The van der Waals surface area contributed by atoms with Crippen molar-refractivity contribution in [2.24, 2.45) is 0 Å². The zero-order valence-corrected chi connectivity index (χ0v) is 13.0. The monoisotopic (exact) mass is 297 g/mol. The molecule has 0 aliphatic rings. The minimum absolute atomic E-state index is 0.0255. The van der Waals surface area contributed by atoms with E-state index in [1.165, 1.54) is 5.56 Å². The van der Waals surface area contributed by atoms with E-state index in [4.69, 9.17) is 8.83 Å². The third-order valence-electron chi connectivity index (χ3n) is 3.69. The predicted octanol–water partition coefficient (Wildman–Crippen LogP) is 3.83. The van der Waals surface area contributed by atoms with Gasteiger partial charge in [-0.15, -0.1) is 10.2 Å². The fourth-order valence-electron chi connectivity index (χ4n) is 2.25. The van der Waals surface area contributed by atoms with Gasteiger partial charge in [-0.25, -0.2) is 0 Å². The fraction of sp³-hybridized carbons (Fsp3) is 0.294. The third-order valence-corrected chi connectivity index (χ3v) is 3.69. The second-order valence-electron chi connectivity index (χ2n) is 5.43. The smallest absolute Gasteiger partial charge is 0.283 e. The molecule has 0 radical (unpaired) electrons. The second kappa shape index (κ2) is 6.15. The number of rotatable bonds is 5. The van der Waals surface area contributed by atoms with Crippen molar-refractivity contribution in [3.63, 3.8) is 0 Å². The summed E-state index contributed by atoms with van der Waals surface area (Å²) in [6.07, 6.45) is 0. The first-order valence-electron chi connectivity index (χ1n) is 7.28. The molecule has 114 valence electrons. The quantitative estimate of drug-likeness (QED) is 0.716. The minimum Gasteiger partial charge on any atom is -0.456 e. The Kier molecular flexibility index (Phi) is 4.06. The molecule has 2 heterocycles. The Morgan fingerprint density at radius 1 is 1.05 bits per heavy atom. The van der Waals surface area contributed by atoms with Crippen LogP contribution in [0.5, 0.6) is 0 Å². The Hall–Kier alpha value is -2.40. The highest BCUT2D eigenvalue weighted by atomic mass is 16.4. The van der Waals surface area contributed by atoms with Gasteiger partial charge < -0.3 is 8.83 Å². The Morgan fingerprint density at radius 2 is 1.82 bits per heavy atom. The molecule has 5 heteroatoms. The summed E-state index contributed by atoms with van der Waals surface area (Å²) in [5.74, 6) is 2.43. The number of benzene rings is 1. The molecule has 3 rings (SSSR count). The van der Waals surface area contributed by atoms with Crippen LogP contribution in [0.3, 0.4) is 0 Å². The van der Waals surface area contributed by atoms with E-state index >= 15 is 0 Å². The van der Waals surface area contributed by atoms with Crippen molar-refractivity contribution in [3.05, 3.63) is 59.7 Å². The van der Waals surface area contributed by atoms with Crippen LogP contribution in [0.4, 0.5) is 0 Å². The van der Waals surface area contributed by atoms with Crippen LogP contribution in [0, 0.1) is 6.92 Å². The molecule has 0 fully saturated rings. The highest BCUT2D eigenvalue weighted by Crippen LogP contribution is 2.25. The van der Waals surface area contributed by atoms with Gasteiger partial charge in [0.05, 0.1) is 6.04 Å². The molecule has 0 N–H and O–H groups in total. The fourth-order valence-corrected chi connectivity index (χ4v) is 2.25. The number of hydrogen-bond acceptors (Lipinski definition) is 5. The Balaban J connectivity index is 1.72. The third kappa shape index (κ3) is 3.09. The molecule has 3 aromatic rings. The molecule has 0 saturated carbocycles. The molecule has 0 saturated heterocycles. The van der Waals surface area contributed by atoms with Crippen LogP contribution >= 0.6 is 0 Å². The summed E-state index contributed by atoms with van der Waals surface area (Å²) in [5, 5.41) is 8.22. The van der Waals surface area contributed by atoms with E-state index in [0.717, 1.165) is 12.3 Å². The first-order valence-corrected chi connectivity index (χ1v) is 7.28. The second-order valence-corrected chi connectivity index (χ2v) is 5.43. The molecular formula is C17H19N3O2. The van der Waals surface area contributed by atoms with E-state index in [-0.39, 0.29) is 6.04 Å². The SMILES string of the molecule is Cc1ccc(-c2nnc([C@H](C)N(C)Cc3ccccc3)o2)o1. The van der Waals surface area contributed by atoms with Crippen LogP contribution in [-0.2, 0) is 6.54 Å². The van der Waals surface area contributed by atoms with Crippen LogP contribution < -0.4 is 0 Å². The molecule has 0 spiro atoms. The Bertz CT molecular complexity index is 733. The van der Waals surface area contributed by atoms with Gasteiger partial charge in [-0.3, -0.25) is 4.90 Å². The van der Waals surface area contributed by atoms with Crippen molar-refractivity contribution in [1.29, 1.82) is 0 Å². The first kappa shape index (κ1) is 14.5. The van der Waals surface area contributed by atoms with Crippen molar-refractivity contribution < 1.29 is 8.83 Å². The average Bonchev–Trinajstić information content (AvgIpc) is 3.16. The standard InChI is InChI=1S/C17H19N3O2/c1-12-9-10-15(21-12)17-19-18-16(22-17)13(2)20(3)11-14-7-5-4-6-8-14/h4-10,13H,11H2,1-3H3/t13-/m0/s1. The average molecular weight is 297 g/mol. The van der Waals surface area contributed by atoms with E-state index in [9.17, 15) is 0 Å². The lowest BCUT2D eigenvalue weighted by Gasteiger charge is -2.21. The maximum Gasteiger partial charge on any atom is 0.283 e. The summed E-state index contributed by atoms with van der Waals surface area (Å²) in [7, 11) is 2.04. The Morgan fingerprint density at radius 3 is 2.50 bits per heavy atom. The van der Waals surface area contributed by atoms with E-state index in [2.05, 4.69) is 27.2 Å². The van der Waals surface area contributed by atoms with Crippen molar-refractivity contribution in [3.8, 4) is 11.7 Å². The lowest BCUT2D eigenvalue weighted by atomic mass is 10.2. The van der Waals surface area contributed by atoms with Crippen LogP contribution in [-0.4, -0.2) is 22.1 Å². The normalized spacial score (nSPS) is 12.7. The summed E-state index contributed by atoms with van der Waals surface area (Å²) in [5.41, 5.74) is 1.25. The number of hydrogen-bond donors (Lipinski definition) is 0. The molecule has 0 bridgehead atoms. The summed E-state index contributed by atoms with van der Waals surface area (Å²) < 4.78 is 11.3. The van der Waals surface area contributed by atoms with Gasteiger partial charge in [0.2, 0.25) is 5.89 Å². The van der Waals surface area contributed by atoms with Crippen LogP contribution in [0.15, 0.2) is 51.3 Å². The van der Waals surface area contributed by atoms with Gasteiger partial charge in [-0.2, -0.15) is 0 Å². The van der Waals surface area contributed by atoms with E-state index < -0.39 is 0 Å². The highest BCUT2D eigenvalue weighted by Gasteiger charge is 2.20. The van der Waals surface area contributed by atoms with Gasteiger partial charge in [-0.1, -0.05) is 30.3 Å². The van der Waals surface area contributed by atoms with Crippen LogP contribution in [0.25, 0.3) is 11.7 Å². The topological polar surface area (TPSA) is 55.3 Å². The zero-order valence-electron chi connectivity index (χ0n) is 13.0. The largest absolute Gasteiger partial charge is 0.456 e. The number of nitrogens with zero attached hydrogens (tertiary/aromatic N) is 3. The van der Waals surface area contributed by atoms with Crippen molar-refractivity contribution >= 4 is 0 Å². The molecule has 0 aliphatic heterocycles. The lowest BCUT2D eigenvalue weighted by molar-refractivity contribution is 0.217. The van der Waals surface area contributed by atoms with Gasteiger partial charge in [0.1, 0.15) is 5.76 Å². The number of aryl methyl sites for hydroxylation is 1. The molecule has 2 aromatic heterocycles. The molecule has 0 unspecified atom stereocenters. The maximum atomic E-state index is 5.75. The summed E-state index contributed by atoms with van der Waals surface area (Å²) in [6.45, 7) is 4.75. The Labute approximate surface area is 129 Å². The predicted molar refractivity (Wildman–Crippen MR) is 83.1 cm³/mol. The number of aromatic nitrogens is 2. The van der Waals surface area contributed by atoms with Gasteiger partial charge >= 0.3 is 0 Å². The van der Waals surface area contributed by atoms with Crippen molar-refractivity contribution in [2.45, 2.75) is 26.4 Å². The van der Waals surface area contributed by atoms with Crippen molar-refractivity contribution in [2.75, 3.05) is 7.05 Å². The minimum atomic E-state index is 0.0255. The van der Waals surface area contributed by atoms with Crippen molar-refractivity contribution in [1.82, 2.24) is 15.1 Å². The number of furan rings is 1. The molecular weight excluding hydrogens is 278 g/mol. The summed E-state index contributed by atoms with van der Waals surface area (Å²) in [4.78, 5) is 2.17. The van der Waals surface area contributed by atoms with E-state index in [1.807, 2.05) is 51.2 Å². The lowest BCUT2D eigenvalue weighted by Crippen LogP contribution is -2.22. The molecule has 1 aromatic carbocycles. The van der Waals surface area contributed by atoms with Gasteiger partial charge in [0.15, 0.2) is 5.76 Å². The molecule has 5 nitrogen and oxygen atoms in total. The molecule has 22 heavy (non-hydrogen) atoms. The molecule has 0 aliphatic carbocycles. The van der Waals surface area contributed by atoms with Gasteiger partial charge in [0, 0.05) is 6.54 Å². The van der Waals surface area contributed by atoms with E-state index in [1.54, 1.807) is 0 Å². The summed E-state index contributed by atoms with van der Waals surface area (Å²) in [6, 6.07) is 14.0. The molecule has 0 amide bonds. The van der Waals surface area contributed by atoms with Crippen LogP contribution in [0.1, 0.15) is 30.2 Å². The zero-order chi connectivity index (χ0) is 15.5. The molecule has 1 atom stereocenters. The van der Waals surface area contributed by atoms with Gasteiger partial charge in [0.25, 0.3) is 5.89 Å². The van der Waals surface area contributed by atoms with Gasteiger partial charge in [-0.05, 0) is 38.6 Å². The summed E-state index contributed by atoms with van der Waals surface area (Å²) >= 11 is 0. The highest BCUT2D eigenvalue weighted by molar-refractivity contribution is 5.43. The first-order chi connectivity index (χ1) is 10.6. The maximum absolute atomic E-state index is 5.75. The van der Waals surface area contributed by atoms with Crippen LogP contribution in [0.2, 0.25) is 0 Å². The van der Waals surface area contributed by atoms with E-state index in [0.29, 0.717) is 17.5 Å².